The molecule has 0 bridgehead atoms. The topological polar surface area (TPSA) is 44.5 Å². The molecule has 0 unspecified atom stereocenters. The number of benzene rings is 1. The van der Waals surface area contributed by atoms with Gasteiger partial charge in [0.1, 0.15) is 0 Å². The van der Waals surface area contributed by atoms with Crippen LogP contribution in [-0.4, -0.2) is 24.1 Å². The normalized spacial score (nSPS) is 20.9. The maximum absolute atomic E-state index is 6.09. The van der Waals surface area contributed by atoms with Gasteiger partial charge in [-0.2, -0.15) is 12.6 Å². The van der Waals surface area contributed by atoms with Crippen molar-refractivity contribution in [2.24, 2.45) is 0 Å². The summed E-state index contributed by atoms with van der Waals surface area (Å²) in [6, 6.07) is 5.90. The molecule has 0 radical (unpaired) electrons. The summed E-state index contributed by atoms with van der Waals surface area (Å²) in [5.74, 6) is 0.560. The van der Waals surface area contributed by atoms with E-state index in [1.165, 1.54) is 0 Å². The zero-order valence-electron chi connectivity index (χ0n) is 13.4. The Labute approximate surface area is 133 Å². The van der Waals surface area contributed by atoms with Crippen molar-refractivity contribution in [1.82, 2.24) is 0 Å². The van der Waals surface area contributed by atoms with E-state index in [0.29, 0.717) is 5.75 Å². The van der Waals surface area contributed by atoms with E-state index in [1.54, 1.807) is 0 Å². The van der Waals surface area contributed by atoms with Crippen LogP contribution in [-0.2, 0) is 9.31 Å². The van der Waals surface area contributed by atoms with Crippen molar-refractivity contribution in [1.29, 1.82) is 0 Å². The number of hydrogen-bond donors (Lipinski definition) is 2. The van der Waals surface area contributed by atoms with Gasteiger partial charge in [-0.05, 0) is 57.3 Å². The van der Waals surface area contributed by atoms with E-state index in [2.05, 4.69) is 12.6 Å². The van der Waals surface area contributed by atoms with Gasteiger partial charge in [0.05, 0.1) is 11.2 Å². The predicted molar refractivity (Wildman–Crippen MR) is 93.5 cm³/mol. The fourth-order valence-corrected chi connectivity index (χ4v) is 2.51. The van der Waals surface area contributed by atoms with Gasteiger partial charge in [-0.25, -0.2) is 0 Å². The highest BCUT2D eigenvalue weighted by Crippen LogP contribution is 2.39. The molecule has 0 amide bonds. The fraction of sp³-hybridized carbons (Fsp3) is 0.500. The van der Waals surface area contributed by atoms with Crippen LogP contribution in [0.4, 0.5) is 5.69 Å². The Kier molecular flexibility index (Phi) is 4.48. The van der Waals surface area contributed by atoms with Crippen molar-refractivity contribution in [3.8, 4) is 0 Å². The predicted octanol–water partition coefficient (Wildman–Crippen LogP) is 3.52. The summed E-state index contributed by atoms with van der Waals surface area (Å²) in [6.07, 6.45) is 2.04. The Balaban J connectivity index is 2.36. The second-order valence-corrected chi connectivity index (χ2v) is 6.86. The Morgan fingerprint density at radius 3 is 2.29 bits per heavy atom. The van der Waals surface area contributed by atoms with Gasteiger partial charge < -0.3 is 15.0 Å². The molecule has 1 heterocycles. The van der Waals surface area contributed by atoms with E-state index >= 15 is 0 Å². The molecule has 0 aliphatic carbocycles. The van der Waals surface area contributed by atoms with Gasteiger partial charge in [0.2, 0.25) is 0 Å². The molecule has 0 spiro atoms. The van der Waals surface area contributed by atoms with Gasteiger partial charge >= 0.3 is 7.12 Å². The smallest absolute Gasteiger partial charge is 0.400 e. The van der Waals surface area contributed by atoms with E-state index in [0.717, 1.165) is 22.3 Å². The highest BCUT2D eigenvalue weighted by Gasteiger charge is 2.52. The maximum Gasteiger partial charge on any atom is 0.491 e. The lowest BCUT2D eigenvalue weighted by atomic mass is 9.78. The molecule has 1 saturated heterocycles. The second-order valence-electron chi connectivity index (χ2n) is 6.54. The van der Waals surface area contributed by atoms with Gasteiger partial charge in [0.15, 0.2) is 0 Å². The lowest BCUT2D eigenvalue weighted by molar-refractivity contribution is 0.00578. The first-order valence-electron chi connectivity index (χ1n) is 7.20. The average Bonchev–Trinajstić information content (AvgIpc) is 2.58. The molecular formula is C16H24BNO2S. The number of thiol groups is 1. The number of nitrogen functional groups attached to an aromatic ring is 1. The van der Waals surface area contributed by atoms with Crippen molar-refractivity contribution in [2.75, 3.05) is 11.5 Å². The highest BCUT2D eigenvalue weighted by molar-refractivity contribution is 7.80. The first-order valence-corrected chi connectivity index (χ1v) is 7.83. The molecular weight excluding hydrogens is 281 g/mol. The van der Waals surface area contributed by atoms with Crippen molar-refractivity contribution in [3.63, 3.8) is 0 Å². The number of anilines is 1. The summed E-state index contributed by atoms with van der Waals surface area (Å²) in [5, 5.41) is 0. The highest BCUT2D eigenvalue weighted by atomic mass is 32.1. The molecule has 2 rings (SSSR count). The quantitative estimate of drug-likeness (QED) is 0.510. The van der Waals surface area contributed by atoms with Crippen LogP contribution in [0.5, 0.6) is 0 Å². The van der Waals surface area contributed by atoms with Gasteiger partial charge in [0, 0.05) is 11.4 Å². The maximum atomic E-state index is 6.09. The lowest BCUT2D eigenvalue weighted by Crippen LogP contribution is -2.41. The summed E-state index contributed by atoms with van der Waals surface area (Å²) in [5.41, 5.74) is 9.26. The fourth-order valence-electron chi connectivity index (χ4n) is 2.27. The molecule has 1 aliphatic heterocycles. The Morgan fingerprint density at radius 2 is 1.81 bits per heavy atom. The largest absolute Gasteiger partial charge is 0.491 e. The van der Waals surface area contributed by atoms with Crippen LogP contribution in [0, 0.1) is 6.92 Å². The monoisotopic (exact) mass is 305 g/mol. The third kappa shape index (κ3) is 3.15. The first-order chi connectivity index (χ1) is 9.68. The van der Waals surface area contributed by atoms with Gasteiger partial charge in [0.25, 0.3) is 0 Å². The summed E-state index contributed by atoms with van der Waals surface area (Å²) < 4.78 is 12.2. The van der Waals surface area contributed by atoms with Crippen LogP contribution >= 0.6 is 12.6 Å². The molecule has 114 valence electrons. The first kappa shape index (κ1) is 16.5. The molecule has 1 aliphatic rings. The minimum absolute atomic E-state index is 0.350. The molecule has 3 nitrogen and oxygen atoms in total. The van der Waals surface area contributed by atoms with Crippen LogP contribution in [0.1, 0.15) is 38.8 Å². The standard InChI is InChI=1S/C16H24BNO2S/c1-11-7-6-8-14(18)13(11)9-12(10-21)17-19-15(2,3)16(4,5)20-17/h6-9,21H,10,18H2,1-5H3. The molecule has 21 heavy (non-hydrogen) atoms. The summed E-state index contributed by atoms with van der Waals surface area (Å²) in [4.78, 5) is 0. The number of hydrogen-bond acceptors (Lipinski definition) is 4. The van der Waals surface area contributed by atoms with E-state index in [1.807, 2.05) is 58.9 Å². The number of nitrogens with two attached hydrogens (primary N) is 1. The third-order valence-corrected chi connectivity index (χ3v) is 4.79. The summed E-state index contributed by atoms with van der Waals surface area (Å²) >= 11 is 4.43. The number of aryl methyl sites for hydroxylation is 1. The van der Waals surface area contributed by atoms with Gasteiger partial charge in [-0.1, -0.05) is 18.2 Å². The van der Waals surface area contributed by atoms with Crippen molar-refractivity contribution in [2.45, 2.75) is 45.8 Å². The van der Waals surface area contributed by atoms with E-state index < -0.39 is 0 Å². The molecule has 2 N–H and O–H groups in total. The van der Waals surface area contributed by atoms with Crippen LogP contribution in [0.25, 0.3) is 6.08 Å². The second kappa shape index (κ2) is 5.71. The molecule has 0 aromatic heterocycles. The summed E-state index contributed by atoms with van der Waals surface area (Å²) in [6.45, 7) is 10.2. The number of rotatable bonds is 3. The van der Waals surface area contributed by atoms with Crippen LogP contribution in [0.3, 0.4) is 0 Å². The van der Waals surface area contributed by atoms with Crippen molar-refractivity contribution >= 4 is 31.5 Å². The molecule has 0 saturated carbocycles. The van der Waals surface area contributed by atoms with Crippen molar-refractivity contribution in [3.05, 3.63) is 34.8 Å². The minimum Gasteiger partial charge on any atom is -0.400 e. The SMILES string of the molecule is Cc1cccc(N)c1C=C(CS)B1OC(C)(C)C(C)(C)O1. The minimum atomic E-state index is -0.383. The Hall–Kier alpha value is -0.905. The Bertz CT molecular complexity index is 533. The zero-order chi connectivity index (χ0) is 15.8. The van der Waals surface area contributed by atoms with E-state index in [-0.39, 0.29) is 18.3 Å². The van der Waals surface area contributed by atoms with Crippen LogP contribution < -0.4 is 5.73 Å². The van der Waals surface area contributed by atoms with Crippen molar-refractivity contribution < 1.29 is 9.31 Å². The average molecular weight is 305 g/mol. The van der Waals surface area contributed by atoms with E-state index in [4.69, 9.17) is 15.0 Å². The van der Waals surface area contributed by atoms with Crippen LogP contribution in [0.2, 0.25) is 0 Å². The molecule has 1 aromatic carbocycles. The lowest BCUT2D eigenvalue weighted by Gasteiger charge is -2.32. The molecule has 5 heteroatoms. The molecule has 1 fully saturated rings. The summed E-state index contributed by atoms with van der Waals surface area (Å²) in [7, 11) is -0.383. The molecule has 0 atom stereocenters. The van der Waals surface area contributed by atoms with Gasteiger partial charge in [-0.3, -0.25) is 0 Å². The Morgan fingerprint density at radius 1 is 1.24 bits per heavy atom. The third-order valence-electron chi connectivity index (χ3n) is 4.43. The van der Waals surface area contributed by atoms with Crippen LogP contribution in [0.15, 0.2) is 23.7 Å². The van der Waals surface area contributed by atoms with Gasteiger partial charge in [-0.15, -0.1) is 0 Å². The van der Waals surface area contributed by atoms with E-state index in [9.17, 15) is 0 Å². The zero-order valence-corrected chi connectivity index (χ0v) is 14.3. The molecule has 1 aromatic rings.